The van der Waals surface area contributed by atoms with Crippen LogP contribution >= 0.6 is 0 Å². The maximum atomic E-state index is 6.98. The molecule has 0 bridgehead atoms. The van der Waals surface area contributed by atoms with Crippen LogP contribution in [0.1, 0.15) is 107 Å². The third-order valence-electron chi connectivity index (χ3n) is 19.5. The second kappa shape index (κ2) is 21.2. The Labute approximate surface area is 537 Å². The minimum absolute atomic E-state index is 0.00710. The first-order chi connectivity index (χ1) is 43.6. The van der Waals surface area contributed by atoms with E-state index in [1.807, 2.05) is 0 Å². The molecule has 91 heavy (non-hydrogen) atoms. The van der Waals surface area contributed by atoms with Gasteiger partial charge in [-0.2, -0.15) is 0 Å². The van der Waals surface area contributed by atoms with Crippen LogP contribution in [-0.4, -0.2) is 11.3 Å². The van der Waals surface area contributed by atoms with Crippen LogP contribution in [0.2, 0.25) is 0 Å². The SMILES string of the molecule is Cc1cc2c3c(c1)N(c1c(C)cc(-c4oc5ccccc5c4-c4ccccc4)cc1C)c1cc(N(c4ccc5c6ccccc6n(-c6ccccc6)c5c4)c4c(C)cc(C(C)(C)C)cc4C)ccc1B3c1cc(C(C)(C)C)ccc1N2c1ccc(C(C)(C)C)cc1. The van der Waals surface area contributed by atoms with E-state index < -0.39 is 0 Å². The van der Waals surface area contributed by atoms with Gasteiger partial charge in [-0.05, 0) is 208 Å². The van der Waals surface area contributed by atoms with Crippen LogP contribution in [0.25, 0.3) is 60.9 Å². The van der Waals surface area contributed by atoms with Gasteiger partial charge in [-0.1, -0.05) is 196 Å². The first kappa shape index (κ1) is 57.7. The smallest absolute Gasteiger partial charge is 0.252 e. The summed E-state index contributed by atoms with van der Waals surface area (Å²) in [5.74, 6) is 0.876. The molecule has 0 spiro atoms. The number of rotatable bonds is 8. The average Bonchev–Trinajstić information content (AvgIpc) is 1.60. The van der Waals surface area contributed by atoms with Gasteiger partial charge in [0.15, 0.2) is 0 Å². The van der Waals surface area contributed by atoms with Gasteiger partial charge in [0, 0.05) is 72.8 Å². The number of benzene rings is 11. The topological polar surface area (TPSA) is 27.8 Å². The fraction of sp³-hybridized carbons (Fsp3) is 0.200. The molecule has 2 aromatic heterocycles. The molecule has 0 saturated carbocycles. The molecule has 2 aliphatic heterocycles. The van der Waals surface area contributed by atoms with Crippen molar-refractivity contribution in [3.05, 3.63) is 269 Å². The highest BCUT2D eigenvalue weighted by Crippen LogP contribution is 2.51. The fourth-order valence-electron chi connectivity index (χ4n) is 15.0. The lowest BCUT2D eigenvalue weighted by atomic mass is 9.33. The highest BCUT2D eigenvalue weighted by Gasteiger charge is 2.45. The average molecular weight is 1180 g/mol. The first-order valence-electron chi connectivity index (χ1n) is 32.4. The molecular weight excluding hydrogens is 1100 g/mol. The summed E-state index contributed by atoms with van der Waals surface area (Å²) in [6, 6.07) is 84.6. The molecule has 5 nitrogen and oxygen atoms in total. The summed E-state index contributed by atoms with van der Waals surface area (Å²) in [6.07, 6.45) is 0. The maximum absolute atomic E-state index is 6.98. The van der Waals surface area contributed by atoms with Gasteiger partial charge in [-0.3, -0.25) is 0 Å². The third-order valence-corrected chi connectivity index (χ3v) is 19.5. The highest BCUT2D eigenvalue weighted by atomic mass is 16.3. The fourth-order valence-corrected chi connectivity index (χ4v) is 15.0. The second-order valence-corrected chi connectivity index (χ2v) is 28.9. The molecule has 0 unspecified atom stereocenters. The predicted molar refractivity (Wildman–Crippen MR) is 390 cm³/mol. The van der Waals surface area contributed by atoms with Crippen LogP contribution in [0.3, 0.4) is 0 Å². The Morgan fingerprint density at radius 1 is 0.385 bits per heavy atom. The van der Waals surface area contributed by atoms with Crippen LogP contribution in [-0.2, 0) is 16.2 Å². The van der Waals surface area contributed by atoms with Gasteiger partial charge in [0.25, 0.3) is 6.71 Å². The molecule has 15 rings (SSSR count). The Balaban J connectivity index is 1.02. The zero-order valence-electron chi connectivity index (χ0n) is 55.1. The van der Waals surface area contributed by atoms with Crippen molar-refractivity contribution in [1.82, 2.24) is 4.57 Å². The number of para-hydroxylation sites is 3. The van der Waals surface area contributed by atoms with Gasteiger partial charge in [-0.25, -0.2) is 0 Å². The number of furan rings is 1. The summed E-state index contributed by atoms with van der Waals surface area (Å²) in [5.41, 5.74) is 31.7. The van der Waals surface area contributed by atoms with Crippen molar-refractivity contribution in [2.75, 3.05) is 14.7 Å². The monoisotopic (exact) mass is 1180 g/mol. The van der Waals surface area contributed by atoms with Crippen molar-refractivity contribution in [2.24, 2.45) is 0 Å². The van der Waals surface area contributed by atoms with Crippen LogP contribution in [0.5, 0.6) is 0 Å². The third kappa shape index (κ3) is 9.51. The number of aromatic nitrogens is 1. The van der Waals surface area contributed by atoms with E-state index in [9.17, 15) is 0 Å². The molecule has 11 aromatic carbocycles. The molecular formula is C85H79BN4O. The molecule has 6 heteroatoms. The Hall–Kier alpha value is -9.78. The zero-order chi connectivity index (χ0) is 63.2. The maximum Gasteiger partial charge on any atom is 0.252 e. The first-order valence-corrected chi connectivity index (χ1v) is 32.4. The van der Waals surface area contributed by atoms with E-state index in [4.69, 9.17) is 4.42 Å². The van der Waals surface area contributed by atoms with Crippen molar-refractivity contribution in [3.63, 3.8) is 0 Å². The summed E-state index contributed by atoms with van der Waals surface area (Å²) in [6.45, 7) is 32.3. The lowest BCUT2D eigenvalue weighted by molar-refractivity contribution is 0.589. The number of anilines is 9. The van der Waals surface area contributed by atoms with Crippen molar-refractivity contribution in [2.45, 2.75) is 113 Å². The highest BCUT2D eigenvalue weighted by molar-refractivity contribution is 7.00. The minimum Gasteiger partial charge on any atom is -0.455 e. The van der Waals surface area contributed by atoms with Crippen LogP contribution < -0.4 is 31.1 Å². The van der Waals surface area contributed by atoms with E-state index in [1.54, 1.807) is 0 Å². The van der Waals surface area contributed by atoms with Gasteiger partial charge < -0.3 is 23.7 Å². The Morgan fingerprint density at radius 3 is 1.63 bits per heavy atom. The molecule has 13 aromatic rings. The molecule has 4 heterocycles. The number of fused-ring (bicyclic) bond motifs is 8. The second-order valence-electron chi connectivity index (χ2n) is 28.9. The lowest BCUT2D eigenvalue weighted by Crippen LogP contribution is -2.61. The summed E-state index contributed by atoms with van der Waals surface area (Å²) in [7, 11) is 0. The summed E-state index contributed by atoms with van der Waals surface area (Å²) >= 11 is 0. The summed E-state index contributed by atoms with van der Waals surface area (Å²) < 4.78 is 9.43. The van der Waals surface area contributed by atoms with E-state index in [0.717, 1.165) is 84.2 Å². The van der Waals surface area contributed by atoms with Crippen molar-refractivity contribution >= 4 is 107 Å². The molecule has 2 aliphatic rings. The van der Waals surface area contributed by atoms with Crippen LogP contribution in [0.15, 0.2) is 229 Å². The molecule has 0 radical (unpaired) electrons. The van der Waals surface area contributed by atoms with E-state index in [0.29, 0.717) is 0 Å². The number of aryl methyl sites for hydroxylation is 5. The van der Waals surface area contributed by atoms with Gasteiger partial charge in [0.05, 0.1) is 22.4 Å². The number of nitrogens with zero attached hydrogens (tertiary/aromatic N) is 4. The lowest BCUT2D eigenvalue weighted by Gasteiger charge is -2.45. The quantitative estimate of drug-likeness (QED) is 0.142. The van der Waals surface area contributed by atoms with Crippen molar-refractivity contribution < 1.29 is 4.42 Å². The van der Waals surface area contributed by atoms with Gasteiger partial charge >= 0.3 is 0 Å². The molecule has 0 amide bonds. The Kier molecular flexibility index (Phi) is 13.4. The Bertz CT molecular complexity index is 5020. The molecule has 0 saturated heterocycles. The Morgan fingerprint density at radius 2 is 0.956 bits per heavy atom. The standard InChI is InChI=1S/C85H79BN4O/c1-52-43-75-79-76(44-52)90(81-53(2)45-58(46-54(81)3)82-78(57-25-17-15-18-26-57)68-30-22-24-32-77(68)91-82)74-51-65(39-41-69(74)86(79)70-49-60(84(9,10)11)35-42-72(70)89(75)63-36-33-59(34-37-63)83(6,7)8)87(80-55(4)47-61(48-56(80)5)85(12,13)14)64-38-40-67-66-29-21-23-31-71(66)88(73(67)50-64)62-27-19-16-20-28-62/h15-51H,1-14H3. The van der Waals surface area contributed by atoms with Crippen molar-refractivity contribution in [1.29, 1.82) is 0 Å². The number of hydrogen-bond donors (Lipinski definition) is 0. The summed E-state index contributed by atoms with van der Waals surface area (Å²) in [5, 5.41) is 3.56. The zero-order valence-corrected chi connectivity index (χ0v) is 55.1. The molecule has 0 N–H and O–H groups in total. The molecule has 0 aliphatic carbocycles. The van der Waals surface area contributed by atoms with E-state index in [-0.39, 0.29) is 23.0 Å². The van der Waals surface area contributed by atoms with Crippen molar-refractivity contribution in [3.8, 4) is 28.1 Å². The molecule has 0 fully saturated rings. The van der Waals surface area contributed by atoms with Gasteiger partial charge in [0.2, 0.25) is 0 Å². The van der Waals surface area contributed by atoms with Gasteiger partial charge in [0.1, 0.15) is 11.3 Å². The van der Waals surface area contributed by atoms with E-state index >= 15 is 0 Å². The van der Waals surface area contributed by atoms with E-state index in [2.05, 4.69) is 341 Å². The normalized spacial score (nSPS) is 13.1. The summed E-state index contributed by atoms with van der Waals surface area (Å²) in [4.78, 5) is 7.76. The van der Waals surface area contributed by atoms with Crippen LogP contribution in [0.4, 0.5) is 51.2 Å². The minimum atomic E-state index is -0.0990. The predicted octanol–water partition coefficient (Wildman–Crippen LogP) is 21.9. The van der Waals surface area contributed by atoms with Crippen LogP contribution in [0, 0.1) is 34.6 Å². The number of hydrogen-bond acceptors (Lipinski definition) is 4. The molecule has 448 valence electrons. The molecule has 0 atom stereocenters. The largest absolute Gasteiger partial charge is 0.455 e. The van der Waals surface area contributed by atoms with Gasteiger partial charge in [-0.15, -0.1) is 0 Å². The van der Waals surface area contributed by atoms with E-state index in [1.165, 1.54) is 88.8 Å².